The third kappa shape index (κ3) is 3.22. The summed E-state index contributed by atoms with van der Waals surface area (Å²) in [6.07, 6.45) is 0.825. The third-order valence-corrected chi connectivity index (χ3v) is 5.75. The van der Waals surface area contributed by atoms with E-state index in [1.165, 1.54) is 22.5 Å². The predicted octanol–water partition coefficient (Wildman–Crippen LogP) is 1.13. The number of hydrogen-bond donors (Lipinski definition) is 1. The molecule has 7 nitrogen and oxygen atoms in total. The van der Waals surface area contributed by atoms with Crippen molar-refractivity contribution in [3.05, 3.63) is 33.9 Å². The zero-order valence-corrected chi connectivity index (χ0v) is 12.9. The largest absolute Gasteiger partial charge is 0.319 e. The van der Waals surface area contributed by atoms with E-state index >= 15 is 0 Å². The van der Waals surface area contributed by atoms with Gasteiger partial charge in [-0.25, -0.2) is 8.42 Å². The molecule has 8 heteroatoms. The summed E-state index contributed by atoms with van der Waals surface area (Å²) in [7, 11) is -1.74. The van der Waals surface area contributed by atoms with Gasteiger partial charge in [0.1, 0.15) is 0 Å². The summed E-state index contributed by atoms with van der Waals surface area (Å²) in [6, 6.07) is 3.86. The molecule has 1 unspecified atom stereocenters. The van der Waals surface area contributed by atoms with Gasteiger partial charge in [0.2, 0.25) is 10.0 Å². The number of nitrogens with zero attached hydrogens (tertiary/aromatic N) is 2. The van der Waals surface area contributed by atoms with Crippen molar-refractivity contribution >= 4 is 15.7 Å². The average molecular weight is 313 g/mol. The second-order valence-corrected chi connectivity index (χ2v) is 7.19. The maximum atomic E-state index is 12.6. The van der Waals surface area contributed by atoms with Crippen LogP contribution in [-0.4, -0.2) is 44.3 Å². The highest BCUT2D eigenvalue weighted by molar-refractivity contribution is 7.89. The molecule has 0 saturated carbocycles. The van der Waals surface area contributed by atoms with Gasteiger partial charge >= 0.3 is 0 Å². The molecule has 1 aliphatic heterocycles. The Morgan fingerprint density at radius 2 is 2.19 bits per heavy atom. The van der Waals surface area contributed by atoms with E-state index in [9.17, 15) is 18.5 Å². The molecule has 0 bridgehead atoms. The molecule has 1 N–H and O–H groups in total. The molecule has 0 aliphatic carbocycles. The topological polar surface area (TPSA) is 92.6 Å². The Kier molecular flexibility index (Phi) is 4.60. The Morgan fingerprint density at radius 1 is 1.48 bits per heavy atom. The quantitative estimate of drug-likeness (QED) is 0.650. The number of non-ortho nitro benzene ring substituents is 1. The molecule has 1 saturated heterocycles. The lowest BCUT2D eigenvalue weighted by molar-refractivity contribution is -0.385. The first-order valence-corrected chi connectivity index (χ1v) is 8.20. The number of nitro benzene ring substituents is 1. The normalized spacial score (nSPS) is 19.8. The molecule has 1 atom stereocenters. The van der Waals surface area contributed by atoms with Gasteiger partial charge in [0.05, 0.1) is 9.82 Å². The van der Waals surface area contributed by atoms with E-state index in [2.05, 4.69) is 5.32 Å². The number of nitrogens with one attached hydrogen (secondary N) is 1. The van der Waals surface area contributed by atoms with Crippen LogP contribution in [0.1, 0.15) is 12.0 Å². The standard InChI is InChI=1S/C13H19N3O4S/c1-10-7-12(16(17)18)3-4-13(10)21(19,20)15-6-5-11(9-15)8-14-2/h3-4,7,11,14H,5-6,8-9H2,1-2H3. The van der Waals surface area contributed by atoms with Crippen molar-refractivity contribution in [2.75, 3.05) is 26.7 Å². The Balaban J connectivity index is 2.26. The molecule has 0 spiro atoms. The summed E-state index contributed by atoms with van der Waals surface area (Å²) in [5, 5.41) is 13.8. The van der Waals surface area contributed by atoms with Gasteiger partial charge in [0.25, 0.3) is 5.69 Å². The molecule has 0 radical (unpaired) electrons. The van der Waals surface area contributed by atoms with Crippen molar-refractivity contribution < 1.29 is 13.3 Å². The maximum absolute atomic E-state index is 12.6. The fraction of sp³-hybridized carbons (Fsp3) is 0.538. The van der Waals surface area contributed by atoms with Crippen LogP contribution in [0.4, 0.5) is 5.69 Å². The van der Waals surface area contributed by atoms with E-state index < -0.39 is 14.9 Å². The van der Waals surface area contributed by atoms with Crippen LogP contribution in [0.15, 0.2) is 23.1 Å². The minimum Gasteiger partial charge on any atom is -0.319 e. The highest BCUT2D eigenvalue weighted by atomic mass is 32.2. The van der Waals surface area contributed by atoms with Crippen molar-refractivity contribution in [2.45, 2.75) is 18.2 Å². The highest BCUT2D eigenvalue weighted by Gasteiger charge is 2.33. The van der Waals surface area contributed by atoms with E-state index in [4.69, 9.17) is 0 Å². The summed E-state index contributed by atoms with van der Waals surface area (Å²) in [6.45, 7) is 3.34. The molecule has 1 aromatic rings. The summed E-state index contributed by atoms with van der Waals surface area (Å²) in [5.74, 6) is 0.308. The monoisotopic (exact) mass is 313 g/mol. The van der Waals surface area contributed by atoms with Gasteiger partial charge in [0, 0.05) is 25.2 Å². The fourth-order valence-corrected chi connectivity index (χ4v) is 4.38. The van der Waals surface area contributed by atoms with Gasteiger partial charge in [-0.05, 0) is 44.5 Å². The van der Waals surface area contributed by atoms with E-state index in [0.717, 1.165) is 13.0 Å². The Labute approximate surface area is 124 Å². The van der Waals surface area contributed by atoms with Crippen LogP contribution in [0.2, 0.25) is 0 Å². The molecule has 2 rings (SSSR count). The first-order valence-electron chi connectivity index (χ1n) is 6.76. The first-order chi connectivity index (χ1) is 9.86. The van der Waals surface area contributed by atoms with Crippen molar-refractivity contribution in [3.63, 3.8) is 0 Å². The summed E-state index contributed by atoms with van der Waals surface area (Å²) in [4.78, 5) is 10.3. The summed E-state index contributed by atoms with van der Waals surface area (Å²) < 4.78 is 26.7. The number of rotatable bonds is 5. The van der Waals surface area contributed by atoms with Gasteiger partial charge in [-0.3, -0.25) is 10.1 Å². The molecule has 0 amide bonds. The SMILES string of the molecule is CNCC1CCN(S(=O)(=O)c2ccc([N+](=O)[O-])cc2C)C1. The average Bonchev–Trinajstić information content (AvgIpc) is 2.88. The van der Waals surface area contributed by atoms with E-state index in [0.29, 0.717) is 24.6 Å². The molecule has 1 aliphatic rings. The van der Waals surface area contributed by atoms with Gasteiger partial charge in [0.15, 0.2) is 0 Å². The minimum atomic E-state index is -3.58. The van der Waals surface area contributed by atoms with Gasteiger partial charge in [-0.15, -0.1) is 0 Å². The van der Waals surface area contributed by atoms with Crippen LogP contribution in [0, 0.1) is 23.0 Å². The lowest BCUT2D eigenvalue weighted by atomic mass is 10.1. The molecule has 1 fully saturated rings. The summed E-state index contributed by atoms with van der Waals surface area (Å²) in [5.41, 5.74) is 0.308. The maximum Gasteiger partial charge on any atom is 0.269 e. The fourth-order valence-electron chi connectivity index (χ4n) is 2.65. The molecule has 0 aromatic heterocycles. The number of nitro groups is 1. The number of benzene rings is 1. The Bertz CT molecular complexity index is 645. The van der Waals surface area contributed by atoms with Gasteiger partial charge in [-0.2, -0.15) is 4.31 Å². The molecule has 116 valence electrons. The third-order valence-electron chi connectivity index (χ3n) is 3.73. The van der Waals surface area contributed by atoms with Crippen molar-refractivity contribution in [3.8, 4) is 0 Å². The second kappa shape index (κ2) is 6.08. The van der Waals surface area contributed by atoms with Crippen LogP contribution in [0.5, 0.6) is 0 Å². The molecular formula is C13H19N3O4S. The van der Waals surface area contributed by atoms with E-state index in [1.54, 1.807) is 6.92 Å². The van der Waals surface area contributed by atoms with Crippen molar-refractivity contribution in [1.82, 2.24) is 9.62 Å². The lowest BCUT2D eigenvalue weighted by Crippen LogP contribution is -2.30. The Hall–Kier alpha value is -1.51. The number of sulfonamides is 1. The number of hydrogen-bond acceptors (Lipinski definition) is 5. The van der Waals surface area contributed by atoms with Crippen molar-refractivity contribution in [1.29, 1.82) is 0 Å². The van der Waals surface area contributed by atoms with Gasteiger partial charge in [-0.1, -0.05) is 0 Å². The highest BCUT2D eigenvalue weighted by Crippen LogP contribution is 2.28. The van der Waals surface area contributed by atoms with Crippen LogP contribution in [0.3, 0.4) is 0 Å². The molecular weight excluding hydrogens is 294 g/mol. The lowest BCUT2D eigenvalue weighted by Gasteiger charge is -2.18. The van der Waals surface area contributed by atoms with Gasteiger partial charge < -0.3 is 5.32 Å². The van der Waals surface area contributed by atoms with E-state index in [-0.39, 0.29) is 10.6 Å². The smallest absolute Gasteiger partial charge is 0.269 e. The predicted molar refractivity (Wildman–Crippen MR) is 78.6 cm³/mol. The first kappa shape index (κ1) is 15.9. The van der Waals surface area contributed by atoms with Crippen LogP contribution in [0.25, 0.3) is 0 Å². The van der Waals surface area contributed by atoms with E-state index in [1.807, 2.05) is 7.05 Å². The van der Waals surface area contributed by atoms with Crippen LogP contribution in [-0.2, 0) is 10.0 Å². The summed E-state index contributed by atoms with van der Waals surface area (Å²) >= 11 is 0. The minimum absolute atomic E-state index is 0.0964. The zero-order chi connectivity index (χ0) is 15.6. The van der Waals surface area contributed by atoms with Crippen LogP contribution >= 0.6 is 0 Å². The van der Waals surface area contributed by atoms with Crippen molar-refractivity contribution in [2.24, 2.45) is 5.92 Å². The molecule has 21 heavy (non-hydrogen) atoms. The Morgan fingerprint density at radius 3 is 2.76 bits per heavy atom. The molecule has 1 heterocycles. The van der Waals surface area contributed by atoms with Crippen LogP contribution < -0.4 is 5.32 Å². The number of aryl methyl sites for hydroxylation is 1. The zero-order valence-electron chi connectivity index (χ0n) is 12.1. The molecule has 1 aromatic carbocycles. The second-order valence-electron chi connectivity index (χ2n) is 5.28.